The van der Waals surface area contributed by atoms with Crippen LogP contribution in [-0.2, 0) is 0 Å². The molecule has 0 unspecified atom stereocenters. The van der Waals surface area contributed by atoms with Crippen molar-refractivity contribution < 1.29 is 15.1 Å². The predicted molar refractivity (Wildman–Crippen MR) is 72.3 cm³/mol. The van der Waals surface area contributed by atoms with E-state index in [-0.39, 0.29) is 24.7 Å². The second-order valence-corrected chi connectivity index (χ2v) is 3.58. The molecule has 1 aromatic heterocycles. The first-order valence-corrected chi connectivity index (χ1v) is 5.75. The van der Waals surface area contributed by atoms with Gasteiger partial charge in [0, 0.05) is 32.4 Å². The molecule has 19 heavy (non-hydrogen) atoms. The van der Waals surface area contributed by atoms with Crippen molar-refractivity contribution in [3.05, 3.63) is 28.4 Å². The van der Waals surface area contributed by atoms with E-state index < -0.39 is 4.92 Å². The third kappa shape index (κ3) is 6.65. The minimum atomic E-state index is -0.490. The topological polar surface area (TPSA) is 112 Å². The molecule has 0 radical (unpaired) electrons. The molecule has 8 heteroatoms. The zero-order valence-electron chi connectivity index (χ0n) is 11.1. The number of likely N-dealkylation sites (N-methyl/N-ethyl adjacent to an activating group) is 2. The molecule has 0 bridgehead atoms. The SMILES string of the molecule is CN(CCO)c1ncccc1[N+](=O)[O-].CNCCO. The van der Waals surface area contributed by atoms with Crippen LogP contribution in [0.1, 0.15) is 0 Å². The van der Waals surface area contributed by atoms with Crippen molar-refractivity contribution in [3.63, 3.8) is 0 Å². The minimum Gasteiger partial charge on any atom is -0.395 e. The van der Waals surface area contributed by atoms with Gasteiger partial charge in [0.25, 0.3) is 0 Å². The van der Waals surface area contributed by atoms with Gasteiger partial charge in [0.05, 0.1) is 18.1 Å². The number of anilines is 1. The van der Waals surface area contributed by atoms with E-state index in [9.17, 15) is 10.1 Å². The molecule has 1 rings (SSSR count). The number of aliphatic hydroxyl groups excluding tert-OH is 2. The van der Waals surface area contributed by atoms with Gasteiger partial charge < -0.3 is 20.4 Å². The lowest BCUT2D eigenvalue weighted by atomic mass is 10.3. The van der Waals surface area contributed by atoms with Crippen molar-refractivity contribution in [2.24, 2.45) is 0 Å². The van der Waals surface area contributed by atoms with Gasteiger partial charge >= 0.3 is 5.69 Å². The number of rotatable bonds is 6. The molecule has 0 spiro atoms. The van der Waals surface area contributed by atoms with Gasteiger partial charge in [-0.1, -0.05) is 0 Å². The Hall–Kier alpha value is -1.77. The molecule has 1 aromatic rings. The summed E-state index contributed by atoms with van der Waals surface area (Å²) < 4.78 is 0. The number of nitro groups is 1. The van der Waals surface area contributed by atoms with Gasteiger partial charge in [0.2, 0.25) is 5.82 Å². The molecule has 108 valence electrons. The molecule has 0 saturated heterocycles. The number of nitrogens with zero attached hydrogens (tertiary/aromatic N) is 3. The fourth-order valence-corrected chi connectivity index (χ4v) is 1.19. The van der Waals surface area contributed by atoms with E-state index in [1.807, 2.05) is 0 Å². The van der Waals surface area contributed by atoms with Gasteiger partial charge in [-0.25, -0.2) is 4.98 Å². The first kappa shape index (κ1) is 17.2. The fourth-order valence-electron chi connectivity index (χ4n) is 1.19. The zero-order chi connectivity index (χ0) is 14.7. The number of pyridine rings is 1. The minimum absolute atomic E-state index is 0.0524. The van der Waals surface area contributed by atoms with E-state index >= 15 is 0 Å². The highest BCUT2D eigenvalue weighted by molar-refractivity contribution is 5.56. The molecule has 0 aliphatic rings. The Bertz CT molecular complexity index is 373. The maximum atomic E-state index is 10.6. The van der Waals surface area contributed by atoms with E-state index in [2.05, 4.69) is 10.3 Å². The van der Waals surface area contributed by atoms with Crippen LogP contribution in [0.25, 0.3) is 0 Å². The maximum Gasteiger partial charge on any atom is 0.311 e. The summed E-state index contributed by atoms with van der Waals surface area (Å²) in [4.78, 5) is 15.5. The van der Waals surface area contributed by atoms with Crippen LogP contribution < -0.4 is 10.2 Å². The highest BCUT2D eigenvalue weighted by Crippen LogP contribution is 2.22. The Morgan fingerprint density at radius 2 is 2.16 bits per heavy atom. The standard InChI is InChI=1S/C8H11N3O3.C3H9NO/c1-10(5-6-12)8-7(11(13)14)3-2-4-9-8;1-4-2-3-5/h2-4,12H,5-6H2,1H3;4-5H,2-3H2,1H3. The summed E-state index contributed by atoms with van der Waals surface area (Å²) in [5.74, 6) is 0.270. The summed E-state index contributed by atoms with van der Waals surface area (Å²) >= 11 is 0. The molecule has 0 aliphatic heterocycles. The quantitative estimate of drug-likeness (QED) is 0.478. The molecular formula is C11H20N4O4. The van der Waals surface area contributed by atoms with E-state index in [0.29, 0.717) is 13.1 Å². The Balaban J connectivity index is 0.000000555. The van der Waals surface area contributed by atoms with Crippen molar-refractivity contribution in [2.75, 3.05) is 45.3 Å². The lowest BCUT2D eigenvalue weighted by Gasteiger charge is -2.15. The average molecular weight is 272 g/mol. The Kier molecular flexibility index (Phi) is 9.23. The molecule has 1 heterocycles. The van der Waals surface area contributed by atoms with E-state index in [1.54, 1.807) is 14.1 Å². The summed E-state index contributed by atoms with van der Waals surface area (Å²) in [6.45, 7) is 1.18. The molecule has 0 aromatic carbocycles. The molecular weight excluding hydrogens is 252 g/mol. The number of aromatic nitrogens is 1. The summed E-state index contributed by atoms with van der Waals surface area (Å²) in [6, 6.07) is 2.89. The Morgan fingerprint density at radius 3 is 2.58 bits per heavy atom. The van der Waals surface area contributed by atoms with Gasteiger partial charge in [-0.2, -0.15) is 0 Å². The van der Waals surface area contributed by atoms with Crippen LogP contribution in [0.15, 0.2) is 18.3 Å². The first-order valence-electron chi connectivity index (χ1n) is 5.75. The van der Waals surface area contributed by atoms with Gasteiger partial charge in [-0.3, -0.25) is 10.1 Å². The largest absolute Gasteiger partial charge is 0.395 e. The van der Waals surface area contributed by atoms with Crippen molar-refractivity contribution in [1.29, 1.82) is 0 Å². The molecule has 0 fully saturated rings. The fraction of sp³-hybridized carbons (Fsp3) is 0.545. The van der Waals surface area contributed by atoms with Gasteiger partial charge in [-0.05, 0) is 13.1 Å². The van der Waals surface area contributed by atoms with Crippen molar-refractivity contribution in [1.82, 2.24) is 10.3 Å². The number of hydrogen-bond donors (Lipinski definition) is 3. The third-order valence-electron chi connectivity index (χ3n) is 2.12. The first-order chi connectivity index (χ1) is 9.08. The molecule has 0 aliphatic carbocycles. The summed E-state index contributed by atoms with van der Waals surface area (Å²) in [6.07, 6.45) is 1.48. The smallest absolute Gasteiger partial charge is 0.311 e. The van der Waals surface area contributed by atoms with E-state index in [4.69, 9.17) is 10.2 Å². The highest BCUT2D eigenvalue weighted by atomic mass is 16.6. The van der Waals surface area contributed by atoms with E-state index in [0.717, 1.165) is 0 Å². The molecule has 3 N–H and O–H groups in total. The van der Waals surface area contributed by atoms with Crippen molar-refractivity contribution in [3.8, 4) is 0 Å². The third-order valence-corrected chi connectivity index (χ3v) is 2.12. The van der Waals surface area contributed by atoms with Crippen LogP contribution in [0.4, 0.5) is 11.5 Å². The Morgan fingerprint density at radius 1 is 1.47 bits per heavy atom. The van der Waals surface area contributed by atoms with Gasteiger partial charge in [0.1, 0.15) is 0 Å². The zero-order valence-corrected chi connectivity index (χ0v) is 11.1. The average Bonchev–Trinajstić information content (AvgIpc) is 2.40. The molecule has 8 nitrogen and oxygen atoms in total. The van der Waals surface area contributed by atoms with Crippen LogP contribution in [0.2, 0.25) is 0 Å². The maximum absolute atomic E-state index is 10.6. The van der Waals surface area contributed by atoms with Crippen LogP contribution in [0.5, 0.6) is 0 Å². The lowest BCUT2D eigenvalue weighted by molar-refractivity contribution is -0.384. The summed E-state index contributed by atoms with van der Waals surface area (Å²) in [5.41, 5.74) is -0.0524. The van der Waals surface area contributed by atoms with Crippen molar-refractivity contribution in [2.45, 2.75) is 0 Å². The van der Waals surface area contributed by atoms with Crippen LogP contribution in [0.3, 0.4) is 0 Å². The van der Waals surface area contributed by atoms with Crippen LogP contribution in [0, 0.1) is 10.1 Å². The predicted octanol–water partition coefficient (Wildman–Crippen LogP) is -0.384. The Labute approximate surface area is 111 Å². The van der Waals surface area contributed by atoms with Crippen LogP contribution in [-0.4, -0.2) is 60.5 Å². The second-order valence-electron chi connectivity index (χ2n) is 3.58. The second kappa shape index (κ2) is 10.2. The van der Waals surface area contributed by atoms with Gasteiger partial charge in [-0.15, -0.1) is 0 Å². The summed E-state index contributed by atoms with van der Waals surface area (Å²) in [7, 11) is 3.45. The van der Waals surface area contributed by atoms with E-state index in [1.165, 1.54) is 23.2 Å². The van der Waals surface area contributed by atoms with Crippen LogP contribution >= 0.6 is 0 Å². The lowest BCUT2D eigenvalue weighted by Crippen LogP contribution is -2.23. The highest BCUT2D eigenvalue weighted by Gasteiger charge is 2.16. The summed E-state index contributed by atoms with van der Waals surface area (Å²) in [5, 5.41) is 30.1. The number of nitrogens with one attached hydrogen (secondary N) is 1. The number of aliphatic hydroxyl groups is 2. The molecule has 0 saturated carbocycles. The molecule has 0 atom stereocenters. The van der Waals surface area contributed by atoms with Crippen molar-refractivity contribution >= 4 is 11.5 Å². The normalized spacial score (nSPS) is 9.47. The monoisotopic (exact) mass is 272 g/mol. The molecule has 0 amide bonds. The number of hydrogen-bond acceptors (Lipinski definition) is 7. The van der Waals surface area contributed by atoms with Gasteiger partial charge in [0.15, 0.2) is 0 Å².